The van der Waals surface area contributed by atoms with E-state index < -0.39 is 6.03 Å². The van der Waals surface area contributed by atoms with E-state index in [4.69, 9.17) is 17.5 Å². The largest absolute Gasteiger partial charge is 0.350 e. The van der Waals surface area contributed by atoms with Gasteiger partial charge in [-0.25, -0.2) is 4.79 Å². The SMILES string of the molecule is NC(=O)N(Cl)c1cc2ccccc2s1. The maximum Gasteiger partial charge on any atom is 0.334 e. The Balaban J connectivity index is 2.50. The van der Waals surface area contributed by atoms with Crippen LogP contribution < -0.4 is 10.2 Å². The van der Waals surface area contributed by atoms with Gasteiger partial charge in [0.2, 0.25) is 0 Å². The normalized spacial score (nSPS) is 10.4. The minimum Gasteiger partial charge on any atom is -0.350 e. The lowest BCUT2D eigenvalue weighted by Gasteiger charge is -2.05. The molecule has 2 N–H and O–H groups in total. The number of nitrogens with two attached hydrogens (primary N) is 1. The van der Waals surface area contributed by atoms with Gasteiger partial charge in [0.1, 0.15) is 5.00 Å². The van der Waals surface area contributed by atoms with Crippen molar-refractivity contribution in [1.82, 2.24) is 0 Å². The summed E-state index contributed by atoms with van der Waals surface area (Å²) in [7, 11) is 0. The molecule has 0 spiro atoms. The first kappa shape index (κ1) is 9.30. The van der Waals surface area contributed by atoms with Crippen molar-refractivity contribution in [2.24, 2.45) is 5.73 Å². The molecule has 1 aromatic heterocycles. The molecule has 0 radical (unpaired) electrons. The first-order chi connectivity index (χ1) is 6.68. The lowest BCUT2D eigenvalue weighted by atomic mass is 10.3. The number of amides is 2. The van der Waals surface area contributed by atoms with Gasteiger partial charge in [0, 0.05) is 16.5 Å². The number of nitrogens with zero attached hydrogens (tertiary/aromatic N) is 1. The van der Waals surface area contributed by atoms with Gasteiger partial charge in [0.05, 0.1) is 0 Å². The molecule has 0 bridgehead atoms. The zero-order chi connectivity index (χ0) is 10.1. The molecular weight excluding hydrogens is 220 g/mol. The maximum atomic E-state index is 10.8. The first-order valence-electron chi connectivity index (χ1n) is 3.92. The Morgan fingerprint density at radius 1 is 1.43 bits per heavy atom. The van der Waals surface area contributed by atoms with Crippen LogP contribution in [0.5, 0.6) is 0 Å². The number of anilines is 1. The van der Waals surface area contributed by atoms with Crippen LogP contribution in [0.25, 0.3) is 10.1 Å². The zero-order valence-corrected chi connectivity index (χ0v) is 8.68. The predicted octanol–water partition coefficient (Wildman–Crippen LogP) is 2.94. The molecule has 2 aromatic rings. The number of carbonyl (C=O) groups is 1. The van der Waals surface area contributed by atoms with Gasteiger partial charge in [-0.15, -0.1) is 11.3 Å². The molecule has 0 saturated heterocycles. The van der Waals surface area contributed by atoms with Crippen LogP contribution in [0.1, 0.15) is 0 Å². The van der Waals surface area contributed by atoms with E-state index in [1.165, 1.54) is 11.3 Å². The molecule has 14 heavy (non-hydrogen) atoms. The molecule has 72 valence electrons. The number of benzene rings is 1. The zero-order valence-electron chi connectivity index (χ0n) is 7.11. The summed E-state index contributed by atoms with van der Waals surface area (Å²) in [4.78, 5) is 10.8. The van der Waals surface area contributed by atoms with Crippen LogP contribution in [0.3, 0.4) is 0 Å². The summed E-state index contributed by atoms with van der Waals surface area (Å²) in [6.07, 6.45) is 0. The van der Waals surface area contributed by atoms with E-state index in [9.17, 15) is 4.79 Å². The highest BCUT2D eigenvalue weighted by atomic mass is 35.5. The van der Waals surface area contributed by atoms with Crippen LogP contribution in [-0.4, -0.2) is 6.03 Å². The molecule has 2 rings (SSSR count). The molecule has 0 unspecified atom stereocenters. The van der Waals surface area contributed by atoms with Crippen LogP contribution in [0, 0.1) is 0 Å². The van der Waals surface area contributed by atoms with Gasteiger partial charge >= 0.3 is 6.03 Å². The molecule has 1 heterocycles. The number of thiophene rings is 1. The van der Waals surface area contributed by atoms with E-state index in [1.807, 2.05) is 30.3 Å². The first-order valence-corrected chi connectivity index (χ1v) is 5.08. The Kier molecular flexibility index (Phi) is 2.31. The summed E-state index contributed by atoms with van der Waals surface area (Å²) in [5.41, 5.74) is 5.05. The Hall–Kier alpha value is -1.26. The fraction of sp³-hybridized carbons (Fsp3) is 0. The van der Waals surface area contributed by atoms with Crippen molar-refractivity contribution in [3.63, 3.8) is 0 Å². The third-order valence-corrected chi connectivity index (χ3v) is 3.35. The van der Waals surface area contributed by atoms with E-state index in [2.05, 4.69) is 0 Å². The van der Waals surface area contributed by atoms with E-state index in [0.717, 1.165) is 14.5 Å². The van der Waals surface area contributed by atoms with Gasteiger partial charge in [0.15, 0.2) is 0 Å². The summed E-state index contributed by atoms with van der Waals surface area (Å²) < 4.78 is 2.00. The standard InChI is InChI=1S/C9H7ClN2OS/c10-12(9(11)13)8-5-6-3-1-2-4-7(6)14-8/h1-5H,(H2,11,13). The van der Waals surface area contributed by atoms with E-state index in [-0.39, 0.29) is 0 Å². The van der Waals surface area contributed by atoms with Crippen molar-refractivity contribution in [3.05, 3.63) is 30.3 Å². The minimum absolute atomic E-state index is 0.639. The lowest BCUT2D eigenvalue weighted by Crippen LogP contribution is -2.26. The molecule has 0 aliphatic carbocycles. The van der Waals surface area contributed by atoms with Gasteiger partial charge < -0.3 is 5.73 Å². The quantitative estimate of drug-likeness (QED) is 0.747. The molecule has 1 aromatic carbocycles. The van der Waals surface area contributed by atoms with Crippen molar-refractivity contribution in [1.29, 1.82) is 0 Å². The summed E-state index contributed by atoms with van der Waals surface area (Å²) >= 11 is 7.11. The Bertz CT molecular complexity index is 449. The second-order valence-corrected chi connectivity index (χ2v) is 4.14. The van der Waals surface area contributed by atoms with Crippen LogP contribution in [0.15, 0.2) is 30.3 Å². The summed E-state index contributed by atoms with van der Waals surface area (Å²) in [5, 5.41) is 1.69. The summed E-state index contributed by atoms with van der Waals surface area (Å²) in [6, 6.07) is 8.96. The maximum absolute atomic E-state index is 10.8. The minimum atomic E-state index is -0.668. The van der Waals surface area contributed by atoms with Gasteiger partial charge in [0.25, 0.3) is 0 Å². The number of primary amides is 1. The Morgan fingerprint density at radius 2 is 2.14 bits per heavy atom. The highest BCUT2D eigenvalue weighted by molar-refractivity contribution is 7.23. The highest BCUT2D eigenvalue weighted by Gasteiger charge is 2.12. The monoisotopic (exact) mass is 226 g/mol. The molecule has 0 aliphatic heterocycles. The molecule has 0 atom stereocenters. The fourth-order valence-electron chi connectivity index (χ4n) is 1.17. The van der Waals surface area contributed by atoms with Crippen LogP contribution in [0.4, 0.5) is 9.80 Å². The number of fused-ring (bicyclic) bond motifs is 1. The van der Waals surface area contributed by atoms with E-state index in [1.54, 1.807) is 0 Å². The van der Waals surface area contributed by atoms with Crippen molar-refractivity contribution >= 4 is 44.2 Å². The molecule has 0 saturated carbocycles. The number of hydrogen-bond donors (Lipinski definition) is 1. The fourth-order valence-corrected chi connectivity index (χ4v) is 2.30. The molecular formula is C9H7ClN2OS. The van der Waals surface area contributed by atoms with Crippen LogP contribution in [-0.2, 0) is 0 Å². The molecule has 5 heteroatoms. The second-order valence-electron chi connectivity index (χ2n) is 2.74. The van der Waals surface area contributed by atoms with Gasteiger partial charge in [-0.2, -0.15) is 4.42 Å². The highest BCUT2D eigenvalue weighted by Crippen LogP contribution is 2.32. The molecule has 2 amide bonds. The summed E-state index contributed by atoms with van der Waals surface area (Å²) in [5.74, 6) is 0. The number of rotatable bonds is 1. The number of urea groups is 1. The number of carbonyl (C=O) groups excluding carboxylic acids is 1. The Morgan fingerprint density at radius 3 is 2.79 bits per heavy atom. The van der Waals surface area contributed by atoms with Gasteiger partial charge in [-0.1, -0.05) is 18.2 Å². The second kappa shape index (κ2) is 3.48. The average molecular weight is 227 g/mol. The van der Waals surface area contributed by atoms with Gasteiger partial charge in [-0.3, -0.25) is 0 Å². The molecule has 0 fully saturated rings. The predicted molar refractivity (Wildman–Crippen MR) is 59.7 cm³/mol. The van der Waals surface area contributed by atoms with Crippen molar-refractivity contribution < 1.29 is 4.79 Å². The van der Waals surface area contributed by atoms with E-state index >= 15 is 0 Å². The van der Waals surface area contributed by atoms with Crippen molar-refractivity contribution in [2.75, 3.05) is 4.42 Å². The number of halogens is 1. The summed E-state index contributed by atoms with van der Waals surface area (Å²) in [6.45, 7) is 0. The topological polar surface area (TPSA) is 46.3 Å². The smallest absolute Gasteiger partial charge is 0.334 e. The van der Waals surface area contributed by atoms with Crippen molar-refractivity contribution in [2.45, 2.75) is 0 Å². The Labute approximate surface area is 89.8 Å². The third-order valence-electron chi connectivity index (χ3n) is 1.80. The average Bonchev–Trinajstić information content (AvgIpc) is 2.59. The third kappa shape index (κ3) is 1.54. The number of hydrogen-bond acceptors (Lipinski definition) is 2. The van der Waals surface area contributed by atoms with Crippen LogP contribution >= 0.6 is 23.1 Å². The lowest BCUT2D eigenvalue weighted by molar-refractivity contribution is 0.257. The van der Waals surface area contributed by atoms with Crippen molar-refractivity contribution in [3.8, 4) is 0 Å². The molecule has 0 aliphatic rings. The van der Waals surface area contributed by atoms with Gasteiger partial charge in [-0.05, 0) is 17.5 Å². The van der Waals surface area contributed by atoms with E-state index in [0.29, 0.717) is 5.00 Å². The van der Waals surface area contributed by atoms with Crippen LogP contribution in [0.2, 0.25) is 0 Å². The molecule has 3 nitrogen and oxygen atoms in total.